The number of anilines is 1. The molecule has 0 aliphatic carbocycles. The first-order valence-corrected chi connectivity index (χ1v) is 7.30. The van der Waals surface area contributed by atoms with Crippen molar-refractivity contribution < 1.29 is 9.53 Å². The van der Waals surface area contributed by atoms with Crippen LogP contribution >= 0.6 is 0 Å². The van der Waals surface area contributed by atoms with Crippen LogP contribution in [0.2, 0.25) is 0 Å². The van der Waals surface area contributed by atoms with Crippen LogP contribution in [-0.4, -0.2) is 17.6 Å². The Morgan fingerprint density at radius 1 is 1.35 bits per heavy atom. The average Bonchev–Trinajstić information content (AvgIpc) is 2.55. The van der Waals surface area contributed by atoms with E-state index in [-0.39, 0.29) is 6.61 Å². The minimum atomic E-state index is -0.447. The zero-order chi connectivity index (χ0) is 16.5. The number of rotatable bonds is 4. The molecule has 0 unspecified atom stereocenters. The average molecular weight is 309 g/mol. The van der Waals surface area contributed by atoms with E-state index in [4.69, 9.17) is 10.5 Å². The predicted molar refractivity (Wildman–Crippen MR) is 89.5 cm³/mol. The quantitative estimate of drug-likeness (QED) is 0.672. The summed E-state index contributed by atoms with van der Waals surface area (Å²) in [5.41, 5.74) is 8.85. The van der Waals surface area contributed by atoms with Crippen LogP contribution in [0.25, 0.3) is 0 Å². The zero-order valence-corrected chi connectivity index (χ0v) is 13.0. The molecule has 1 aromatic heterocycles. The van der Waals surface area contributed by atoms with Crippen LogP contribution in [0.3, 0.4) is 0 Å². The largest absolute Gasteiger partial charge is 0.445 e. The van der Waals surface area contributed by atoms with Gasteiger partial charge in [0.1, 0.15) is 12.3 Å². The standard InChI is InChI=1S/C18H19N3O2/c1-14-11-16(19)12-21-17(14)9-5-6-10-20-18(22)23-13-15-7-3-2-4-8-15/h2-4,7-8,11-12H,6,10,13,19H2,1H3,(H,20,22). The highest BCUT2D eigenvalue weighted by molar-refractivity contribution is 5.67. The number of carbonyl (C=O) groups is 1. The number of alkyl carbamates (subject to hydrolysis) is 1. The first-order valence-electron chi connectivity index (χ1n) is 7.30. The number of pyridine rings is 1. The molecule has 0 aliphatic heterocycles. The maximum atomic E-state index is 11.5. The summed E-state index contributed by atoms with van der Waals surface area (Å²) in [6, 6.07) is 11.4. The van der Waals surface area contributed by atoms with Crippen molar-refractivity contribution in [2.45, 2.75) is 20.0 Å². The second-order valence-corrected chi connectivity index (χ2v) is 4.97. The molecule has 1 amide bonds. The van der Waals surface area contributed by atoms with Crippen molar-refractivity contribution >= 4 is 11.8 Å². The number of aromatic nitrogens is 1. The van der Waals surface area contributed by atoms with Gasteiger partial charge in [0.15, 0.2) is 0 Å². The summed E-state index contributed by atoms with van der Waals surface area (Å²) in [7, 11) is 0. The molecule has 0 radical (unpaired) electrons. The monoisotopic (exact) mass is 309 g/mol. The molecular formula is C18H19N3O2. The van der Waals surface area contributed by atoms with E-state index < -0.39 is 6.09 Å². The molecule has 0 aliphatic rings. The molecule has 1 heterocycles. The fraction of sp³-hybridized carbons (Fsp3) is 0.222. The number of hydrogen-bond donors (Lipinski definition) is 2. The van der Waals surface area contributed by atoms with E-state index in [0.717, 1.165) is 11.1 Å². The van der Waals surface area contributed by atoms with Crippen LogP contribution in [0.4, 0.5) is 10.5 Å². The number of ether oxygens (including phenoxy) is 1. The third-order valence-corrected chi connectivity index (χ3v) is 3.04. The van der Waals surface area contributed by atoms with Gasteiger partial charge >= 0.3 is 6.09 Å². The smallest absolute Gasteiger partial charge is 0.407 e. The Kier molecular flexibility index (Phi) is 6.01. The summed E-state index contributed by atoms with van der Waals surface area (Å²) in [4.78, 5) is 15.7. The van der Waals surface area contributed by atoms with Crippen molar-refractivity contribution in [1.82, 2.24) is 10.3 Å². The number of carbonyl (C=O) groups excluding carboxylic acids is 1. The predicted octanol–water partition coefficient (Wildman–Crippen LogP) is 2.64. The summed E-state index contributed by atoms with van der Waals surface area (Å²) >= 11 is 0. The molecule has 0 atom stereocenters. The Balaban J connectivity index is 1.69. The molecule has 0 bridgehead atoms. The molecule has 0 fully saturated rings. The van der Waals surface area contributed by atoms with E-state index in [2.05, 4.69) is 22.1 Å². The molecular weight excluding hydrogens is 290 g/mol. The second-order valence-electron chi connectivity index (χ2n) is 4.97. The summed E-state index contributed by atoms with van der Waals surface area (Å²) in [6.45, 7) is 2.59. The molecule has 5 nitrogen and oxygen atoms in total. The van der Waals surface area contributed by atoms with Gasteiger partial charge in [-0.1, -0.05) is 36.3 Å². The van der Waals surface area contributed by atoms with Gasteiger partial charge < -0.3 is 15.8 Å². The summed E-state index contributed by atoms with van der Waals surface area (Å²) in [5.74, 6) is 5.93. The van der Waals surface area contributed by atoms with Crippen LogP contribution in [0, 0.1) is 18.8 Å². The number of nitrogens with one attached hydrogen (secondary N) is 1. The highest BCUT2D eigenvalue weighted by atomic mass is 16.5. The van der Waals surface area contributed by atoms with E-state index in [1.165, 1.54) is 0 Å². The van der Waals surface area contributed by atoms with E-state index in [1.54, 1.807) is 6.20 Å². The Morgan fingerprint density at radius 3 is 2.87 bits per heavy atom. The van der Waals surface area contributed by atoms with Gasteiger partial charge in [-0.25, -0.2) is 9.78 Å². The van der Waals surface area contributed by atoms with Crippen LogP contribution in [0.5, 0.6) is 0 Å². The maximum Gasteiger partial charge on any atom is 0.407 e. The molecule has 0 spiro atoms. The summed E-state index contributed by atoms with van der Waals surface area (Å²) in [5, 5.41) is 2.66. The van der Waals surface area contributed by atoms with Crippen LogP contribution in [0.15, 0.2) is 42.6 Å². The molecule has 1 aromatic carbocycles. The number of nitrogen functional groups attached to an aromatic ring is 1. The van der Waals surface area contributed by atoms with E-state index >= 15 is 0 Å². The van der Waals surface area contributed by atoms with Gasteiger partial charge in [-0.15, -0.1) is 0 Å². The molecule has 0 saturated carbocycles. The molecule has 3 N–H and O–H groups in total. The van der Waals surface area contributed by atoms with Crippen LogP contribution < -0.4 is 11.1 Å². The highest BCUT2D eigenvalue weighted by Crippen LogP contribution is 2.07. The lowest BCUT2D eigenvalue weighted by Crippen LogP contribution is -2.24. The lowest BCUT2D eigenvalue weighted by molar-refractivity contribution is 0.140. The van der Waals surface area contributed by atoms with E-state index in [9.17, 15) is 4.79 Å². The fourth-order valence-electron chi connectivity index (χ4n) is 1.87. The Bertz CT molecular complexity index is 718. The maximum absolute atomic E-state index is 11.5. The van der Waals surface area contributed by atoms with Gasteiger partial charge in [0, 0.05) is 13.0 Å². The first-order chi connectivity index (χ1) is 11.1. The molecule has 2 rings (SSSR count). The van der Waals surface area contributed by atoms with Gasteiger partial charge in [-0.05, 0) is 30.0 Å². The highest BCUT2D eigenvalue weighted by Gasteiger charge is 2.01. The van der Waals surface area contributed by atoms with Crippen molar-refractivity contribution in [3.63, 3.8) is 0 Å². The molecule has 5 heteroatoms. The van der Waals surface area contributed by atoms with Crippen LogP contribution in [0.1, 0.15) is 23.2 Å². The third-order valence-electron chi connectivity index (χ3n) is 3.04. The van der Waals surface area contributed by atoms with Crippen molar-refractivity contribution in [3.8, 4) is 11.8 Å². The van der Waals surface area contributed by atoms with Gasteiger partial charge in [-0.2, -0.15) is 0 Å². The number of aryl methyl sites for hydroxylation is 1. The van der Waals surface area contributed by atoms with Crippen LogP contribution in [-0.2, 0) is 11.3 Å². The number of amides is 1. The van der Waals surface area contributed by atoms with Gasteiger partial charge in [0.2, 0.25) is 0 Å². The van der Waals surface area contributed by atoms with Crippen molar-refractivity contribution in [3.05, 3.63) is 59.4 Å². The first kappa shape index (κ1) is 16.4. The van der Waals surface area contributed by atoms with E-state index in [0.29, 0.717) is 24.3 Å². The SMILES string of the molecule is Cc1cc(N)cnc1C#CCCNC(=O)OCc1ccccc1. The van der Waals surface area contributed by atoms with Gasteiger partial charge in [0.25, 0.3) is 0 Å². The number of nitrogens with two attached hydrogens (primary N) is 1. The molecule has 118 valence electrons. The molecule has 23 heavy (non-hydrogen) atoms. The normalized spacial score (nSPS) is 9.61. The van der Waals surface area contributed by atoms with Crippen molar-refractivity contribution in [2.75, 3.05) is 12.3 Å². The fourth-order valence-corrected chi connectivity index (χ4v) is 1.87. The Labute approximate surface area is 135 Å². The number of hydrogen-bond acceptors (Lipinski definition) is 4. The third kappa shape index (κ3) is 5.71. The van der Waals surface area contributed by atoms with Gasteiger partial charge in [-0.3, -0.25) is 0 Å². The topological polar surface area (TPSA) is 77.2 Å². The number of benzene rings is 1. The summed E-state index contributed by atoms with van der Waals surface area (Å²) in [6.07, 6.45) is 1.65. The van der Waals surface area contributed by atoms with Crippen molar-refractivity contribution in [1.29, 1.82) is 0 Å². The van der Waals surface area contributed by atoms with Gasteiger partial charge in [0.05, 0.1) is 11.9 Å². The summed E-state index contributed by atoms with van der Waals surface area (Å²) < 4.78 is 5.10. The lowest BCUT2D eigenvalue weighted by atomic mass is 10.2. The minimum absolute atomic E-state index is 0.257. The van der Waals surface area contributed by atoms with Crippen molar-refractivity contribution in [2.24, 2.45) is 0 Å². The Morgan fingerprint density at radius 2 is 2.13 bits per heavy atom. The number of nitrogens with zero attached hydrogens (tertiary/aromatic N) is 1. The Hall–Kier alpha value is -3.00. The zero-order valence-electron chi connectivity index (χ0n) is 13.0. The molecule has 0 saturated heterocycles. The second kappa shape index (κ2) is 8.44. The minimum Gasteiger partial charge on any atom is -0.445 e. The van der Waals surface area contributed by atoms with E-state index in [1.807, 2.05) is 43.3 Å². The lowest BCUT2D eigenvalue weighted by Gasteiger charge is -2.05. The molecule has 2 aromatic rings.